The minimum Gasteiger partial charge on any atom is -0.393 e. The molecule has 1 saturated heterocycles. The molecule has 0 aromatic carbocycles. The van der Waals surface area contributed by atoms with Crippen LogP contribution in [0.4, 0.5) is 0 Å². The van der Waals surface area contributed by atoms with Crippen LogP contribution in [0.3, 0.4) is 0 Å². The minimum atomic E-state index is -2.22. The highest BCUT2D eigenvalue weighted by atomic mass is 16.7. The largest absolute Gasteiger partial charge is 0.393 e. The Morgan fingerprint density at radius 2 is 1.77 bits per heavy atom. The molecule has 0 amide bonds. The molecular weight excluding hydrogens is 344 g/mol. The molecule has 0 radical (unpaired) electrons. The number of aliphatic hydroxyl groups excluding tert-OH is 6. The molecular formula is C18H34O8. The predicted octanol–water partition coefficient (Wildman–Crippen LogP) is -0.824. The van der Waals surface area contributed by atoms with E-state index in [4.69, 9.17) is 4.74 Å². The van der Waals surface area contributed by atoms with Gasteiger partial charge in [0.05, 0.1) is 24.4 Å². The smallest absolute Gasteiger partial charge is 0.198 e. The Bertz CT molecular complexity index is 443. The standard InChI is InChI=1S/C18H34O8/c1-4-5-6-7-12(20)9-18(25)17(24)15(22)10(2)14(26-18)8-13(21)16(23)11(3)19/h11-17,19-25H,2,4-9H2,1,3H3. The van der Waals surface area contributed by atoms with Crippen molar-refractivity contribution < 1.29 is 40.5 Å². The van der Waals surface area contributed by atoms with E-state index < -0.39 is 48.5 Å². The zero-order chi connectivity index (χ0) is 20.1. The molecule has 0 saturated carbocycles. The lowest BCUT2D eigenvalue weighted by Crippen LogP contribution is -2.60. The van der Waals surface area contributed by atoms with Gasteiger partial charge in [-0.05, 0) is 18.9 Å². The van der Waals surface area contributed by atoms with Gasteiger partial charge in [0.1, 0.15) is 18.3 Å². The van der Waals surface area contributed by atoms with Crippen molar-refractivity contribution in [3.8, 4) is 0 Å². The molecule has 1 aliphatic heterocycles. The quantitative estimate of drug-likeness (QED) is 0.192. The van der Waals surface area contributed by atoms with Gasteiger partial charge >= 0.3 is 0 Å². The zero-order valence-corrected chi connectivity index (χ0v) is 15.5. The summed E-state index contributed by atoms with van der Waals surface area (Å²) in [5.74, 6) is -2.22. The second kappa shape index (κ2) is 10.1. The van der Waals surface area contributed by atoms with Crippen LogP contribution in [0.2, 0.25) is 0 Å². The normalized spacial score (nSPS) is 34.3. The summed E-state index contributed by atoms with van der Waals surface area (Å²) in [7, 11) is 0. The van der Waals surface area contributed by atoms with Crippen molar-refractivity contribution in [3.05, 3.63) is 12.2 Å². The summed E-state index contributed by atoms with van der Waals surface area (Å²) >= 11 is 0. The van der Waals surface area contributed by atoms with Crippen molar-refractivity contribution >= 4 is 0 Å². The first kappa shape index (κ1) is 23.5. The summed E-state index contributed by atoms with van der Waals surface area (Å²) in [4.78, 5) is 0. The number of rotatable bonds is 10. The number of hydrogen-bond donors (Lipinski definition) is 7. The average Bonchev–Trinajstić information content (AvgIpc) is 2.57. The van der Waals surface area contributed by atoms with Crippen LogP contribution in [0.15, 0.2) is 12.2 Å². The molecule has 8 heteroatoms. The van der Waals surface area contributed by atoms with E-state index in [1.165, 1.54) is 6.92 Å². The summed E-state index contributed by atoms with van der Waals surface area (Å²) < 4.78 is 5.48. The van der Waals surface area contributed by atoms with Gasteiger partial charge in [0.15, 0.2) is 5.79 Å². The maximum absolute atomic E-state index is 10.7. The van der Waals surface area contributed by atoms with Crippen LogP contribution < -0.4 is 0 Å². The molecule has 7 N–H and O–H groups in total. The lowest BCUT2D eigenvalue weighted by molar-refractivity contribution is -0.317. The van der Waals surface area contributed by atoms with E-state index in [0.29, 0.717) is 6.42 Å². The molecule has 1 aliphatic rings. The molecule has 0 spiro atoms. The van der Waals surface area contributed by atoms with Crippen molar-refractivity contribution in [3.63, 3.8) is 0 Å². The summed E-state index contributed by atoms with van der Waals surface area (Å²) in [6.07, 6.45) is -6.74. The second-order valence-corrected chi connectivity index (χ2v) is 7.30. The number of hydrogen-bond acceptors (Lipinski definition) is 8. The van der Waals surface area contributed by atoms with Crippen molar-refractivity contribution in [2.45, 2.75) is 101 Å². The van der Waals surface area contributed by atoms with E-state index in [9.17, 15) is 35.7 Å². The first-order valence-corrected chi connectivity index (χ1v) is 9.20. The Morgan fingerprint density at radius 3 is 2.31 bits per heavy atom. The first-order chi connectivity index (χ1) is 12.0. The molecule has 8 atom stereocenters. The maximum Gasteiger partial charge on any atom is 0.198 e. The van der Waals surface area contributed by atoms with Crippen molar-refractivity contribution in [2.24, 2.45) is 0 Å². The number of aliphatic hydroxyl groups is 7. The van der Waals surface area contributed by atoms with Gasteiger partial charge in [-0.25, -0.2) is 0 Å². The van der Waals surface area contributed by atoms with Crippen LogP contribution in [0.5, 0.6) is 0 Å². The predicted molar refractivity (Wildman–Crippen MR) is 94.1 cm³/mol. The number of unbranched alkanes of at least 4 members (excludes halogenated alkanes) is 2. The fraction of sp³-hybridized carbons (Fsp3) is 0.889. The zero-order valence-electron chi connectivity index (χ0n) is 15.5. The summed E-state index contributed by atoms with van der Waals surface area (Å²) in [5, 5.41) is 70.2. The van der Waals surface area contributed by atoms with Gasteiger partial charge in [-0.15, -0.1) is 0 Å². The number of ether oxygens (including phenoxy) is 1. The summed E-state index contributed by atoms with van der Waals surface area (Å²) in [5.41, 5.74) is 0.0412. The van der Waals surface area contributed by atoms with E-state index in [-0.39, 0.29) is 18.4 Å². The monoisotopic (exact) mass is 378 g/mol. The highest BCUT2D eigenvalue weighted by Crippen LogP contribution is 2.36. The average molecular weight is 378 g/mol. The third kappa shape index (κ3) is 5.97. The molecule has 154 valence electrons. The van der Waals surface area contributed by atoms with E-state index in [1.807, 2.05) is 6.92 Å². The highest BCUT2D eigenvalue weighted by molar-refractivity contribution is 5.17. The van der Waals surface area contributed by atoms with Gasteiger partial charge in [0.2, 0.25) is 0 Å². The third-order valence-corrected chi connectivity index (χ3v) is 4.91. The molecule has 1 rings (SSSR count). The van der Waals surface area contributed by atoms with E-state index >= 15 is 0 Å². The maximum atomic E-state index is 10.7. The van der Waals surface area contributed by atoms with Gasteiger partial charge < -0.3 is 40.5 Å². The molecule has 26 heavy (non-hydrogen) atoms. The fourth-order valence-electron chi connectivity index (χ4n) is 3.15. The Labute approximate surface area is 154 Å². The van der Waals surface area contributed by atoms with Gasteiger partial charge in [-0.1, -0.05) is 32.8 Å². The van der Waals surface area contributed by atoms with Gasteiger partial charge in [-0.2, -0.15) is 0 Å². The molecule has 0 bridgehead atoms. The third-order valence-electron chi connectivity index (χ3n) is 4.91. The Morgan fingerprint density at radius 1 is 1.15 bits per heavy atom. The van der Waals surface area contributed by atoms with Crippen molar-refractivity contribution in [1.82, 2.24) is 0 Å². The molecule has 0 aromatic rings. The Hall–Kier alpha value is -0.580. The molecule has 1 fully saturated rings. The van der Waals surface area contributed by atoms with Gasteiger partial charge in [0, 0.05) is 12.8 Å². The molecule has 8 nitrogen and oxygen atoms in total. The molecule has 1 heterocycles. The van der Waals surface area contributed by atoms with Crippen molar-refractivity contribution in [2.75, 3.05) is 0 Å². The summed E-state index contributed by atoms with van der Waals surface area (Å²) in [6.45, 7) is 6.96. The Balaban J connectivity index is 2.81. The fourth-order valence-corrected chi connectivity index (χ4v) is 3.15. The first-order valence-electron chi connectivity index (χ1n) is 9.20. The Kier molecular flexibility index (Phi) is 9.11. The molecule has 0 aromatic heterocycles. The van der Waals surface area contributed by atoms with Crippen LogP contribution >= 0.6 is 0 Å². The van der Waals surface area contributed by atoms with Crippen LogP contribution in [0.1, 0.15) is 52.4 Å². The summed E-state index contributed by atoms with van der Waals surface area (Å²) in [6, 6.07) is 0. The SMILES string of the molecule is C=C1C(CC(O)C(O)C(C)O)OC(O)(CC(O)CCCCC)C(O)C1O. The molecule has 8 unspecified atom stereocenters. The van der Waals surface area contributed by atoms with Crippen LogP contribution in [-0.2, 0) is 4.74 Å². The van der Waals surface area contributed by atoms with Gasteiger partial charge in [0.25, 0.3) is 0 Å². The van der Waals surface area contributed by atoms with E-state index in [1.54, 1.807) is 0 Å². The lowest BCUT2D eigenvalue weighted by atomic mass is 9.85. The van der Waals surface area contributed by atoms with Crippen LogP contribution in [0, 0.1) is 0 Å². The highest BCUT2D eigenvalue weighted by Gasteiger charge is 2.51. The second-order valence-electron chi connectivity index (χ2n) is 7.30. The minimum absolute atomic E-state index is 0.0412. The van der Waals surface area contributed by atoms with Gasteiger partial charge in [-0.3, -0.25) is 0 Å². The van der Waals surface area contributed by atoms with Crippen molar-refractivity contribution in [1.29, 1.82) is 0 Å². The topological polar surface area (TPSA) is 151 Å². The van der Waals surface area contributed by atoms with Crippen LogP contribution in [-0.4, -0.2) is 84.3 Å². The van der Waals surface area contributed by atoms with E-state index in [2.05, 4.69) is 6.58 Å². The van der Waals surface area contributed by atoms with Crippen LogP contribution in [0.25, 0.3) is 0 Å². The van der Waals surface area contributed by atoms with E-state index in [0.717, 1.165) is 19.3 Å². The lowest BCUT2D eigenvalue weighted by Gasteiger charge is -2.46. The molecule has 0 aliphatic carbocycles.